The lowest BCUT2D eigenvalue weighted by molar-refractivity contribution is 0.0754. The Morgan fingerprint density at radius 2 is 1.95 bits per heavy atom. The average Bonchev–Trinajstić information content (AvgIpc) is 2.32. The number of amides is 1. The third kappa shape index (κ3) is 3.78. The molecule has 5 nitrogen and oxygen atoms in total. The molecule has 0 unspecified atom stereocenters. The normalized spacial score (nSPS) is 11.5. The van der Waals surface area contributed by atoms with E-state index in [1.54, 1.807) is 13.8 Å². The predicted molar refractivity (Wildman–Crippen MR) is 77.3 cm³/mol. The van der Waals surface area contributed by atoms with E-state index in [1.165, 1.54) is 4.90 Å². The van der Waals surface area contributed by atoms with E-state index in [-0.39, 0.29) is 11.0 Å². The number of hydrogen-bond acceptors (Lipinski definition) is 3. The predicted octanol–water partition coefficient (Wildman–Crippen LogP) is 2.25. The molecule has 0 aromatic heterocycles. The van der Waals surface area contributed by atoms with Crippen molar-refractivity contribution in [2.45, 2.75) is 25.2 Å². The Kier molecular flexibility index (Phi) is 5.83. The number of rotatable bonds is 5. The minimum atomic E-state index is -4.44. The lowest BCUT2D eigenvalue weighted by Crippen LogP contribution is -2.33. The van der Waals surface area contributed by atoms with Gasteiger partial charge in [-0.3, -0.25) is 4.79 Å². The van der Waals surface area contributed by atoms with E-state index in [1.807, 2.05) is 0 Å². The van der Waals surface area contributed by atoms with Crippen molar-refractivity contribution in [2.75, 3.05) is 13.1 Å². The first kappa shape index (κ1) is 18.0. The molecule has 0 aliphatic heterocycles. The number of carbonyl (C=O) groups is 1. The Morgan fingerprint density at radius 1 is 1.38 bits per heavy atom. The molecule has 118 valence electrons. The van der Waals surface area contributed by atoms with Crippen molar-refractivity contribution in [1.29, 1.82) is 0 Å². The Labute approximate surface area is 130 Å². The molecule has 2 N–H and O–H groups in total. The number of nitrogens with two attached hydrogens (primary N) is 1. The van der Waals surface area contributed by atoms with Crippen molar-refractivity contribution in [3.05, 3.63) is 27.7 Å². The van der Waals surface area contributed by atoms with E-state index in [0.29, 0.717) is 13.0 Å². The van der Waals surface area contributed by atoms with Crippen LogP contribution in [0.5, 0.6) is 0 Å². The second-order valence-corrected chi connectivity index (χ2v) is 6.64. The van der Waals surface area contributed by atoms with Crippen LogP contribution in [0.2, 0.25) is 0 Å². The minimum Gasteiger partial charge on any atom is -0.339 e. The fourth-order valence-electron chi connectivity index (χ4n) is 1.86. The van der Waals surface area contributed by atoms with Gasteiger partial charge in [-0.2, -0.15) is 0 Å². The summed E-state index contributed by atoms with van der Waals surface area (Å²) in [6, 6.07) is 0.718. The van der Waals surface area contributed by atoms with E-state index in [4.69, 9.17) is 5.14 Å². The van der Waals surface area contributed by atoms with Gasteiger partial charge in [0.1, 0.15) is 16.3 Å². The van der Waals surface area contributed by atoms with Crippen LogP contribution in [0.1, 0.15) is 30.6 Å². The molecule has 1 amide bonds. The SMILES string of the molecule is CCCN(CC)C(=O)c1c(F)cc(Br)c(S(N)(=O)=O)c1F. The highest BCUT2D eigenvalue weighted by Crippen LogP contribution is 2.29. The summed E-state index contributed by atoms with van der Waals surface area (Å²) in [7, 11) is -4.44. The summed E-state index contributed by atoms with van der Waals surface area (Å²) in [5, 5.41) is 4.90. The van der Waals surface area contributed by atoms with Crippen LogP contribution in [0.25, 0.3) is 0 Å². The quantitative estimate of drug-likeness (QED) is 0.844. The van der Waals surface area contributed by atoms with Gasteiger partial charge in [0.2, 0.25) is 10.0 Å². The second-order valence-electron chi connectivity index (χ2n) is 4.29. The number of carbonyl (C=O) groups excluding carboxylic acids is 1. The highest BCUT2D eigenvalue weighted by Gasteiger charge is 2.30. The van der Waals surface area contributed by atoms with Crippen LogP contribution in [0.15, 0.2) is 15.4 Å². The third-order valence-corrected chi connectivity index (χ3v) is 4.64. The van der Waals surface area contributed by atoms with Crippen molar-refractivity contribution in [1.82, 2.24) is 4.90 Å². The maximum absolute atomic E-state index is 14.3. The number of hydrogen-bond donors (Lipinski definition) is 1. The zero-order valence-electron chi connectivity index (χ0n) is 11.5. The number of halogens is 3. The summed E-state index contributed by atoms with van der Waals surface area (Å²) < 4.78 is 50.6. The van der Waals surface area contributed by atoms with Gasteiger partial charge in [-0.25, -0.2) is 22.3 Å². The van der Waals surface area contributed by atoms with Crippen molar-refractivity contribution in [3.8, 4) is 0 Å². The van der Waals surface area contributed by atoms with Gasteiger partial charge in [-0.15, -0.1) is 0 Å². The molecule has 0 spiro atoms. The fraction of sp³-hybridized carbons (Fsp3) is 0.417. The average molecular weight is 385 g/mol. The van der Waals surface area contributed by atoms with E-state index in [0.717, 1.165) is 6.07 Å². The zero-order valence-corrected chi connectivity index (χ0v) is 13.9. The van der Waals surface area contributed by atoms with Gasteiger partial charge in [0.25, 0.3) is 5.91 Å². The van der Waals surface area contributed by atoms with Crippen molar-refractivity contribution in [2.24, 2.45) is 5.14 Å². The van der Waals surface area contributed by atoms with Crippen LogP contribution >= 0.6 is 15.9 Å². The molecule has 0 aliphatic rings. The lowest BCUT2D eigenvalue weighted by Gasteiger charge is -2.21. The summed E-state index contributed by atoms with van der Waals surface area (Å²) in [6.07, 6.45) is 0.599. The van der Waals surface area contributed by atoms with E-state index < -0.39 is 38.0 Å². The first-order chi connectivity index (χ1) is 9.65. The van der Waals surface area contributed by atoms with Crippen LogP contribution in [-0.2, 0) is 10.0 Å². The molecule has 0 saturated heterocycles. The lowest BCUT2D eigenvalue weighted by atomic mass is 10.1. The van der Waals surface area contributed by atoms with Crippen LogP contribution in [0, 0.1) is 11.6 Å². The van der Waals surface area contributed by atoms with Crippen molar-refractivity contribution in [3.63, 3.8) is 0 Å². The molecule has 0 bridgehead atoms. The number of sulfonamides is 1. The van der Waals surface area contributed by atoms with Gasteiger partial charge in [-0.1, -0.05) is 6.92 Å². The standard InChI is InChI=1S/C12H15BrF2N2O3S/c1-3-5-17(4-2)12(18)9-8(14)6-7(13)11(10(9)15)21(16,19)20/h6H,3-5H2,1-2H3,(H2,16,19,20). The minimum absolute atomic E-state index is 0.242. The molecule has 9 heteroatoms. The first-order valence-corrected chi connectivity index (χ1v) is 8.48. The summed E-state index contributed by atoms with van der Waals surface area (Å²) in [6.45, 7) is 4.00. The summed E-state index contributed by atoms with van der Waals surface area (Å²) in [5.41, 5.74) is -0.919. The van der Waals surface area contributed by atoms with E-state index >= 15 is 0 Å². The van der Waals surface area contributed by atoms with E-state index in [2.05, 4.69) is 15.9 Å². The highest BCUT2D eigenvalue weighted by molar-refractivity contribution is 9.10. The topological polar surface area (TPSA) is 80.5 Å². The van der Waals surface area contributed by atoms with Gasteiger partial charge < -0.3 is 4.90 Å². The first-order valence-electron chi connectivity index (χ1n) is 6.14. The van der Waals surface area contributed by atoms with Crippen molar-refractivity contribution < 1.29 is 22.0 Å². The van der Waals surface area contributed by atoms with E-state index in [9.17, 15) is 22.0 Å². The Balaban J connectivity index is 3.54. The molecule has 0 aliphatic carbocycles. The molecule has 0 fully saturated rings. The molecular formula is C12H15BrF2N2O3S. The van der Waals surface area contributed by atoms with Crippen LogP contribution in [0.4, 0.5) is 8.78 Å². The van der Waals surface area contributed by atoms with Gasteiger partial charge in [0.15, 0.2) is 5.82 Å². The second kappa shape index (κ2) is 6.80. The van der Waals surface area contributed by atoms with Gasteiger partial charge in [-0.05, 0) is 35.3 Å². The highest BCUT2D eigenvalue weighted by atomic mass is 79.9. The molecule has 0 radical (unpaired) electrons. The molecular weight excluding hydrogens is 370 g/mol. The number of nitrogens with zero attached hydrogens (tertiary/aromatic N) is 1. The maximum atomic E-state index is 14.3. The smallest absolute Gasteiger partial charge is 0.259 e. The molecule has 1 aromatic rings. The summed E-state index contributed by atoms with van der Waals surface area (Å²) in [4.78, 5) is 12.5. The summed E-state index contributed by atoms with van der Waals surface area (Å²) >= 11 is 2.74. The molecule has 0 saturated carbocycles. The van der Waals surface area contributed by atoms with Gasteiger partial charge >= 0.3 is 0 Å². The molecule has 1 rings (SSSR count). The number of primary sulfonamides is 1. The Hall–Kier alpha value is -1.06. The zero-order chi connectivity index (χ0) is 16.4. The van der Waals surface area contributed by atoms with Gasteiger partial charge in [0, 0.05) is 17.6 Å². The summed E-state index contributed by atoms with van der Waals surface area (Å²) in [5.74, 6) is -3.54. The van der Waals surface area contributed by atoms with Gasteiger partial charge in [0.05, 0.1) is 0 Å². The molecule has 1 aromatic carbocycles. The molecule has 21 heavy (non-hydrogen) atoms. The Morgan fingerprint density at radius 3 is 2.38 bits per heavy atom. The maximum Gasteiger partial charge on any atom is 0.259 e. The molecule has 0 heterocycles. The number of benzene rings is 1. The largest absolute Gasteiger partial charge is 0.339 e. The fourth-order valence-corrected chi connectivity index (χ4v) is 3.59. The molecule has 0 atom stereocenters. The Bertz CT molecular complexity index is 665. The third-order valence-electron chi connectivity index (χ3n) is 2.79. The van der Waals surface area contributed by atoms with Crippen LogP contribution < -0.4 is 5.14 Å². The van der Waals surface area contributed by atoms with Crippen molar-refractivity contribution >= 4 is 31.9 Å². The van der Waals surface area contributed by atoms with Crippen LogP contribution in [0.3, 0.4) is 0 Å². The monoisotopic (exact) mass is 384 g/mol. The van der Waals surface area contributed by atoms with Crippen LogP contribution in [-0.4, -0.2) is 32.3 Å².